The number of ether oxygens (including phenoxy) is 1. The molecule has 1 atom stereocenters. The van der Waals surface area contributed by atoms with Crippen molar-refractivity contribution in [3.63, 3.8) is 0 Å². The van der Waals surface area contributed by atoms with Gasteiger partial charge in [-0.25, -0.2) is 9.97 Å². The van der Waals surface area contributed by atoms with Crippen molar-refractivity contribution in [2.24, 2.45) is 5.92 Å². The van der Waals surface area contributed by atoms with Gasteiger partial charge in [0, 0.05) is 42.4 Å². The number of anilines is 3. The first kappa shape index (κ1) is 21.4. The van der Waals surface area contributed by atoms with Gasteiger partial charge in [-0.15, -0.1) is 0 Å². The van der Waals surface area contributed by atoms with Crippen LogP contribution in [0.15, 0.2) is 48.9 Å². The van der Waals surface area contributed by atoms with Crippen LogP contribution < -0.4 is 10.2 Å². The van der Waals surface area contributed by atoms with Crippen molar-refractivity contribution in [2.75, 3.05) is 36.5 Å². The molecule has 2 aromatic heterocycles. The van der Waals surface area contributed by atoms with E-state index in [9.17, 15) is 5.26 Å². The minimum Gasteiger partial charge on any atom is -0.378 e. The van der Waals surface area contributed by atoms with Gasteiger partial charge in [-0.2, -0.15) is 10.4 Å². The molecule has 0 spiro atoms. The van der Waals surface area contributed by atoms with E-state index in [2.05, 4.69) is 38.5 Å². The number of aromatic nitrogens is 4. The molecule has 3 aromatic rings. The third-order valence-corrected chi connectivity index (χ3v) is 6.64. The Kier molecular flexibility index (Phi) is 6.49. The molecule has 1 unspecified atom stereocenters. The Bertz CT molecular complexity index is 1090. The molecule has 8 nitrogen and oxygen atoms in total. The first-order valence-corrected chi connectivity index (χ1v) is 11.7. The summed E-state index contributed by atoms with van der Waals surface area (Å²) in [6, 6.07) is 12.7. The molecular weight excluding hydrogens is 414 g/mol. The number of morpholine rings is 1. The highest BCUT2D eigenvalue weighted by molar-refractivity contribution is 5.62. The third-order valence-electron chi connectivity index (χ3n) is 6.64. The zero-order chi connectivity index (χ0) is 22.5. The van der Waals surface area contributed by atoms with E-state index in [4.69, 9.17) is 9.72 Å². The Morgan fingerprint density at radius 1 is 1.12 bits per heavy atom. The van der Waals surface area contributed by atoms with Crippen LogP contribution in [0.5, 0.6) is 0 Å². The summed E-state index contributed by atoms with van der Waals surface area (Å²) in [5.74, 6) is 1.07. The van der Waals surface area contributed by atoms with Crippen LogP contribution in [0, 0.1) is 17.2 Å². The number of nitrogens with one attached hydrogen (secondary N) is 1. The van der Waals surface area contributed by atoms with Gasteiger partial charge in [-0.3, -0.25) is 4.68 Å². The SMILES string of the molecule is N#CCC(C1CCCC1)n1cc(-c2ccnc(Nc3ccc(N4CCOCC4)cc3)n2)cn1. The number of benzene rings is 1. The van der Waals surface area contributed by atoms with Crippen LogP contribution in [0.3, 0.4) is 0 Å². The summed E-state index contributed by atoms with van der Waals surface area (Å²) in [6.07, 6.45) is 10.9. The molecule has 170 valence electrons. The maximum absolute atomic E-state index is 9.32. The minimum absolute atomic E-state index is 0.135. The van der Waals surface area contributed by atoms with Gasteiger partial charge < -0.3 is 15.0 Å². The molecule has 1 aliphatic carbocycles. The van der Waals surface area contributed by atoms with Gasteiger partial charge in [0.25, 0.3) is 0 Å². The van der Waals surface area contributed by atoms with E-state index < -0.39 is 0 Å². The molecule has 8 heteroatoms. The molecule has 0 amide bonds. The van der Waals surface area contributed by atoms with Crippen molar-refractivity contribution in [3.05, 3.63) is 48.9 Å². The van der Waals surface area contributed by atoms with Crippen LogP contribution in [0.2, 0.25) is 0 Å². The predicted octanol–water partition coefficient (Wildman–Crippen LogP) is 4.57. The minimum atomic E-state index is 0.135. The molecule has 33 heavy (non-hydrogen) atoms. The Hall–Kier alpha value is -3.44. The zero-order valence-corrected chi connectivity index (χ0v) is 18.7. The summed E-state index contributed by atoms with van der Waals surface area (Å²) in [5, 5.41) is 17.2. The molecular formula is C25H29N7O. The Balaban J connectivity index is 1.29. The van der Waals surface area contributed by atoms with E-state index in [1.165, 1.54) is 31.4 Å². The quantitative estimate of drug-likeness (QED) is 0.572. The van der Waals surface area contributed by atoms with Crippen molar-refractivity contribution < 1.29 is 4.74 Å². The molecule has 1 N–H and O–H groups in total. The average molecular weight is 444 g/mol. The largest absolute Gasteiger partial charge is 0.378 e. The Morgan fingerprint density at radius 2 is 1.91 bits per heavy atom. The van der Waals surface area contributed by atoms with E-state index in [0.29, 0.717) is 18.3 Å². The number of nitriles is 1. The Morgan fingerprint density at radius 3 is 2.67 bits per heavy atom. The predicted molar refractivity (Wildman–Crippen MR) is 127 cm³/mol. The summed E-state index contributed by atoms with van der Waals surface area (Å²) in [4.78, 5) is 11.4. The first-order valence-electron chi connectivity index (χ1n) is 11.7. The van der Waals surface area contributed by atoms with Gasteiger partial charge in [0.1, 0.15) is 0 Å². The standard InChI is InChI=1S/C25H29N7O/c26-11-9-24(19-3-1-2-4-19)32-18-20(17-28-32)23-10-12-27-25(30-23)29-21-5-7-22(8-6-21)31-13-15-33-16-14-31/h5-8,10,12,17-19,24H,1-4,9,13-16H2,(H,27,29,30). The van der Waals surface area contributed by atoms with E-state index in [0.717, 1.165) is 43.2 Å². The maximum Gasteiger partial charge on any atom is 0.227 e. The number of rotatable bonds is 7. The van der Waals surface area contributed by atoms with E-state index in [-0.39, 0.29) is 6.04 Å². The lowest BCUT2D eigenvalue weighted by Crippen LogP contribution is -2.36. The molecule has 2 aliphatic rings. The molecule has 2 fully saturated rings. The van der Waals surface area contributed by atoms with Gasteiger partial charge in [0.2, 0.25) is 5.95 Å². The smallest absolute Gasteiger partial charge is 0.227 e. The lowest BCUT2D eigenvalue weighted by molar-refractivity contribution is 0.122. The molecule has 5 rings (SSSR count). The van der Waals surface area contributed by atoms with Crippen molar-refractivity contribution in [2.45, 2.75) is 38.1 Å². The van der Waals surface area contributed by atoms with Crippen LogP contribution in [0.1, 0.15) is 38.1 Å². The number of hydrogen-bond acceptors (Lipinski definition) is 7. The van der Waals surface area contributed by atoms with Gasteiger partial charge in [0.05, 0.1) is 43.6 Å². The van der Waals surface area contributed by atoms with Crippen molar-refractivity contribution in [1.29, 1.82) is 5.26 Å². The summed E-state index contributed by atoms with van der Waals surface area (Å²) in [6.45, 7) is 3.38. The van der Waals surface area contributed by atoms with Crippen LogP contribution in [0.4, 0.5) is 17.3 Å². The Labute approximate surface area is 194 Å². The average Bonchev–Trinajstić information content (AvgIpc) is 3.57. The van der Waals surface area contributed by atoms with Crippen LogP contribution >= 0.6 is 0 Å². The van der Waals surface area contributed by atoms with Gasteiger partial charge >= 0.3 is 0 Å². The fourth-order valence-corrected chi connectivity index (χ4v) is 4.85. The molecule has 1 aromatic carbocycles. The first-order chi connectivity index (χ1) is 16.3. The van der Waals surface area contributed by atoms with Crippen LogP contribution in [0.25, 0.3) is 11.3 Å². The highest BCUT2D eigenvalue weighted by Gasteiger charge is 2.27. The highest BCUT2D eigenvalue weighted by Crippen LogP contribution is 2.36. The molecule has 0 bridgehead atoms. The molecule has 1 saturated heterocycles. The lowest BCUT2D eigenvalue weighted by Gasteiger charge is -2.28. The van der Waals surface area contributed by atoms with Gasteiger partial charge in [0.15, 0.2) is 0 Å². The highest BCUT2D eigenvalue weighted by atomic mass is 16.5. The fraction of sp³-hybridized carbons (Fsp3) is 0.440. The second-order valence-corrected chi connectivity index (χ2v) is 8.72. The monoisotopic (exact) mass is 443 g/mol. The summed E-state index contributed by atoms with van der Waals surface area (Å²) in [7, 11) is 0. The normalized spacial score (nSPS) is 17.6. The maximum atomic E-state index is 9.32. The van der Waals surface area contributed by atoms with Crippen LogP contribution in [-0.2, 0) is 4.74 Å². The van der Waals surface area contributed by atoms with Crippen LogP contribution in [-0.4, -0.2) is 46.1 Å². The summed E-state index contributed by atoms with van der Waals surface area (Å²) < 4.78 is 7.40. The van der Waals surface area contributed by atoms with Gasteiger partial charge in [-0.1, -0.05) is 12.8 Å². The lowest BCUT2D eigenvalue weighted by atomic mass is 9.96. The van der Waals surface area contributed by atoms with E-state index in [1.807, 2.05) is 35.3 Å². The molecule has 3 heterocycles. The topological polar surface area (TPSA) is 91.9 Å². The molecule has 0 radical (unpaired) electrons. The second-order valence-electron chi connectivity index (χ2n) is 8.72. The zero-order valence-electron chi connectivity index (χ0n) is 18.7. The second kappa shape index (κ2) is 10.0. The number of hydrogen-bond donors (Lipinski definition) is 1. The fourth-order valence-electron chi connectivity index (χ4n) is 4.85. The summed E-state index contributed by atoms with van der Waals surface area (Å²) in [5.41, 5.74) is 3.88. The van der Waals surface area contributed by atoms with Crippen molar-refractivity contribution in [3.8, 4) is 17.3 Å². The van der Waals surface area contributed by atoms with Gasteiger partial charge in [-0.05, 0) is 49.1 Å². The van der Waals surface area contributed by atoms with Crippen molar-refractivity contribution in [1.82, 2.24) is 19.7 Å². The number of nitrogens with zero attached hydrogens (tertiary/aromatic N) is 6. The van der Waals surface area contributed by atoms with E-state index >= 15 is 0 Å². The molecule has 1 saturated carbocycles. The summed E-state index contributed by atoms with van der Waals surface area (Å²) >= 11 is 0. The molecule has 1 aliphatic heterocycles. The third kappa shape index (κ3) is 4.99. The van der Waals surface area contributed by atoms with E-state index in [1.54, 1.807) is 6.20 Å². The van der Waals surface area contributed by atoms with Crippen molar-refractivity contribution >= 4 is 17.3 Å².